The summed E-state index contributed by atoms with van der Waals surface area (Å²) in [6.45, 7) is 3.36. The van der Waals surface area contributed by atoms with Crippen LogP contribution in [0.3, 0.4) is 0 Å². The second kappa shape index (κ2) is 5.33. The second-order valence-corrected chi connectivity index (χ2v) is 5.40. The Morgan fingerprint density at radius 2 is 1.89 bits per heavy atom. The average molecular weight is 298 g/mol. The fourth-order valence-corrected chi connectivity index (χ4v) is 1.99. The lowest BCUT2D eigenvalue weighted by atomic mass is 9.96. The highest BCUT2D eigenvalue weighted by Gasteiger charge is 2.22. The second-order valence-electron chi connectivity index (χ2n) is 4.59. The lowest BCUT2D eigenvalue weighted by Crippen LogP contribution is -2.17. The Balaban J connectivity index is 2.47. The van der Waals surface area contributed by atoms with Crippen molar-refractivity contribution in [2.75, 3.05) is 5.32 Å². The van der Waals surface area contributed by atoms with Crippen LogP contribution >= 0.6 is 23.2 Å². The number of hydrogen-bond acceptors (Lipinski definition) is 4. The molecule has 6 heteroatoms. The molecular formula is C13H13Cl2N3O. The zero-order valence-corrected chi connectivity index (χ0v) is 12.0. The third kappa shape index (κ3) is 3.35. The number of rotatable bonds is 3. The Morgan fingerprint density at radius 3 is 2.47 bits per heavy atom. The van der Waals surface area contributed by atoms with Crippen LogP contribution in [0.25, 0.3) is 0 Å². The van der Waals surface area contributed by atoms with Crippen LogP contribution in [0.15, 0.2) is 30.7 Å². The molecule has 19 heavy (non-hydrogen) atoms. The van der Waals surface area contributed by atoms with E-state index < -0.39 is 5.60 Å². The quantitative estimate of drug-likeness (QED) is 0.906. The molecule has 0 atom stereocenters. The summed E-state index contributed by atoms with van der Waals surface area (Å²) in [5, 5.41) is 14.1. The fourth-order valence-electron chi connectivity index (χ4n) is 1.66. The predicted octanol–water partition coefficient (Wildman–Crippen LogP) is 3.75. The largest absolute Gasteiger partial charge is 0.386 e. The van der Waals surface area contributed by atoms with E-state index in [-0.39, 0.29) is 0 Å². The van der Waals surface area contributed by atoms with Gasteiger partial charge in [-0.1, -0.05) is 23.2 Å². The number of nitrogens with zero attached hydrogens (tertiary/aromatic N) is 2. The number of aromatic nitrogens is 2. The molecular weight excluding hydrogens is 285 g/mol. The highest BCUT2D eigenvalue weighted by Crippen LogP contribution is 2.36. The van der Waals surface area contributed by atoms with Crippen LogP contribution in [0, 0.1) is 0 Å². The zero-order valence-electron chi connectivity index (χ0n) is 10.5. The number of halogens is 2. The van der Waals surface area contributed by atoms with E-state index >= 15 is 0 Å². The summed E-state index contributed by atoms with van der Waals surface area (Å²) in [5.41, 5.74) is 0.241. The molecule has 1 heterocycles. The molecule has 1 aromatic carbocycles. The van der Waals surface area contributed by atoms with Crippen LogP contribution < -0.4 is 5.32 Å². The lowest BCUT2D eigenvalue weighted by Gasteiger charge is -2.23. The van der Waals surface area contributed by atoms with E-state index in [4.69, 9.17) is 23.2 Å². The normalized spacial score (nSPS) is 11.4. The Hall–Kier alpha value is -1.36. The monoisotopic (exact) mass is 297 g/mol. The van der Waals surface area contributed by atoms with Gasteiger partial charge in [-0.05, 0) is 32.0 Å². The van der Waals surface area contributed by atoms with Crippen LogP contribution in [0.1, 0.15) is 19.4 Å². The summed E-state index contributed by atoms with van der Waals surface area (Å²) in [4.78, 5) is 7.91. The molecule has 0 saturated carbocycles. The fraction of sp³-hybridized carbons (Fsp3) is 0.231. The van der Waals surface area contributed by atoms with Gasteiger partial charge >= 0.3 is 0 Å². The molecule has 0 aliphatic heterocycles. The molecule has 0 radical (unpaired) electrons. The first-order valence-electron chi connectivity index (χ1n) is 5.63. The van der Waals surface area contributed by atoms with Gasteiger partial charge in [-0.2, -0.15) is 0 Å². The minimum absolute atomic E-state index is 0.395. The molecule has 100 valence electrons. The number of benzene rings is 1. The minimum Gasteiger partial charge on any atom is -0.386 e. The van der Waals surface area contributed by atoms with Gasteiger partial charge in [0.15, 0.2) is 0 Å². The molecule has 2 rings (SSSR count). The van der Waals surface area contributed by atoms with Crippen molar-refractivity contribution in [2.24, 2.45) is 0 Å². The van der Waals surface area contributed by atoms with Gasteiger partial charge in [-0.15, -0.1) is 0 Å². The lowest BCUT2D eigenvalue weighted by molar-refractivity contribution is 0.0794. The van der Waals surface area contributed by atoms with Crippen molar-refractivity contribution < 1.29 is 5.11 Å². The Kier molecular flexibility index (Phi) is 3.94. The van der Waals surface area contributed by atoms with Crippen molar-refractivity contribution in [1.82, 2.24) is 9.97 Å². The van der Waals surface area contributed by atoms with Crippen LogP contribution in [0.4, 0.5) is 11.5 Å². The summed E-state index contributed by atoms with van der Waals surface area (Å²) in [6.07, 6.45) is 3.06. The minimum atomic E-state index is -1.05. The van der Waals surface area contributed by atoms with Crippen LogP contribution in [0.5, 0.6) is 0 Å². The first-order chi connectivity index (χ1) is 8.88. The molecule has 0 amide bonds. The van der Waals surface area contributed by atoms with Gasteiger partial charge in [0, 0.05) is 17.4 Å². The third-order valence-corrected chi connectivity index (χ3v) is 3.29. The van der Waals surface area contributed by atoms with Gasteiger partial charge in [0.1, 0.15) is 12.1 Å². The van der Waals surface area contributed by atoms with Gasteiger partial charge in [0.05, 0.1) is 15.6 Å². The maximum Gasteiger partial charge on any atom is 0.133 e. The number of nitrogens with one attached hydrogen (secondary N) is 1. The van der Waals surface area contributed by atoms with Crippen molar-refractivity contribution in [1.29, 1.82) is 0 Å². The SMILES string of the molecule is CC(C)(O)c1cc(Cl)c(Cl)cc1Nc1ccncn1. The van der Waals surface area contributed by atoms with E-state index in [0.717, 1.165) is 0 Å². The van der Waals surface area contributed by atoms with E-state index in [9.17, 15) is 5.11 Å². The van der Waals surface area contributed by atoms with Crippen LogP contribution in [-0.2, 0) is 5.60 Å². The predicted molar refractivity (Wildman–Crippen MR) is 77.0 cm³/mol. The number of anilines is 2. The first-order valence-corrected chi connectivity index (χ1v) is 6.38. The summed E-state index contributed by atoms with van der Waals surface area (Å²) in [5.74, 6) is 0.610. The topological polar surface area (TPSA) is 58.0 Å². The van der Waals surface area contributed by atoms with Crippen molar-refractivity contribution in [3.05, 3.63) is 46.3 Å². The molecule has 0 unspecified atom stereocenters. The van der Waals surface area contributed by atoms with E-state index in [0.29, 0.717) is 27.1 Å². The van der Waals surface area contributed by atoms with Gasteiger partial charge < -0.3 is 10.4 Å². The van der Waals surface area contributed by atoms with Crippen LogP contribution in [-0.4, -0.2) is 15.1 Å². The van der Waals surface area contributed by atoms with Crippen LogP contribution in [0.2, 0.25) is 10.0 Å². The molecule has 0 aliphatic carbocycles. The van der Waals surface area contributed by atoms with Crippen molar-refractivity contribution >= 4 is 34.7 Å². The van der Waals surface area contributed by atoms with E-state index in [1.165, 1.54) is 6.33 Å². The number of aliphatic hydroxyl groups is 1. The zero-order chi connectivity index (χ0) is 14.0. The molecule has 2 N–H and O–H groups in total. The van der Waals surface area contributed by atoms with Crippen molar-refractivity contribution in [2.45, 2.75) is 19.4 Å². The summed E-state index contributed by atoms with van der Waals surface area (Å²) >= 11 is 12.0. The van der Waals surface area contributed by atoms with E-state index in [2.05, 4.69) is 15.3 Å². The molecule has 0 bridgehead atoms. The molecule has 0 spiro atoms. The summed E-state index contributed by atoms with van der Waals surface area (Å²) in [7, 11) is 0. The Morgan fingerprint density at radius 1 is 1.21 bits per heavy atom. The van der Waals surface area contributed by atoms with Gasteiger partial charge in [0.2, 0.25) is 0 Å². The maximum atomic E-state index is 10.2. The molecule has 4 nitrogen and oxygen atoms in total. The molecule has 0 aliphatic rings. The third-order valence-electron chi connectivity index (χ3n) is 2.56. The average Bonchev–Trinajstić information content (AvgIpc) is 2.33. The smallest absolute Gasteiger partial charge is 0.133 e. The molecule has 1 aromatic heterocycles. The summed E-state index contributed by atoms with van der Waals surface area (Å²) < 4.78 is 0. The number of hydrogen-bond donors (Lipinski definition) is 2. The van der Waals surface area contributed by atoms with Crippen molar-refractivity contribution in [3.63, 3.8) is 0 Å². The van der Waals surface area contributed by atoms with E-state index in [1.807, 2.05) is 0 Å². The van der Waals surface area contributed by atoms with Gasteiger partial charge in [0.25, 0.3) is 0 Å². The standard InChI is InChI=1S/C13H13Cl2N3O/c1-13(2,19)8-5-9(14)10(15)6-11(8)18-12-3-4-16-7-17-12/h3-7,19H,1-2H3,(H,16,17,18). The van der Waals surface area contributed by atoms with Crippen molar-refractivity contribution in [3.8, 4) is 0 Å². The highest BCUT2D eigenvalue weighted by atomic mass is 35.5. The highest BCUT2D eigenvalue weighted by molar-refractivity contribution is 6.42. The molecule has 2 aromatic rings. The first kappa shape index (κ1) is 14.1. The van der Waals surface area contributed by atoms with E-state index in [1.54, 1.807) is 38.2 Å². The molecule has 0 fully saturated rings. The molecule has 0 saturated heterocycles. The summed E-state index contributed by atoms with van der Waals surface area (Å²) in [6, 6.07) is 5.03. The Labute approximate surface area is 121 Å². The Bertz CT molecular complexity index is 582. The van der Waals surface area contributed by atoms with Gasteiger partial charge in [-0.3, -0.25) is 0 Å². The maximum absolute atomic E-state index is 10.2. The van der Waals surface area contributed by atoms with Gasteiger partial charge in [-0.25, -0.2) is 9.97 Å².